The summed E-state index contributed by atoms with van der Waals surface area (Å²) >= 11 is 6.31. The Labute approximate surface area is 123 Å². The molecule has 0 radical (unpaired) electrons. The molecule has 0 aliphatic heterocycles. The third-order valence-corrected chi connectivity index (χ3v) is 3.67. The lowest BCUT2D eigenvalue weighted by molar-refractivity contribution is 0.0990. The van der Waals surface area contributed by atoms with Gasteiger partial charge in [0.1, 0.15) is 0 Å². The Morgan fingerprint density at radius 2 is 2.15 bits per heavy atom. The van der Waals surface area contributed by atoms with Gasteiger partial charge in [0.25, 0.3) is 0 Å². The average molecular weight is 292 g/mol. The smallest absolute Gasteiger partial charge is 0.168 e. The maximum absolute atomic E-state index is 12.3. The molecule has 1 heterocycles. The molecule has 106 valence electrons. The van der Waals surface area contributed by atoms with Crippen LogP contribution in [0, 0.1) is 0 Å². The number of nitrogens with two attached hydrogens (primary N) is 1. The Balaban J connectivity index is 2.30. The van der Waals surface area contributed by atoms with Crippen molar-refractivity contribution < 1.29 is 4.79 Å². The molecule has 2 rings (SSSR count). The third kappa shape index (κ3) is 2.85. The van der Waals surface area contributed by atoms with E-state index in [4.69, 9.17) is 17.3 Å². The lowest BCUT2D eigenvalue weighted by Crippen LogP contribution is -2.10. The summed E-state index contributed by atoms with van der Waals surface area (Å²) in [5.41, 5.74) is 8.50. The number of hydrogen-bond acceptors (Lipinski definition) is 3. The van der Waals surface area contributed by atoms with Gasteiger partial charge in [-0.25, -0.2) is 0 Å². The normalized spacial score (nSPS) is 10.8. The van der Waals surface area contributed by atoms with Crippen LogP contribution in [0.4, 0.5) is 5.69 Å². The van der Waals surface area contributed by atoms with Gasteiger partial charge in [0.05, 0.1) is 22.8 Å². The second-order valence-electron chi connectivity index (χ2n) is 4.60. The first-order valence-electron chi connectivity index (χ1n) is 6.69. The van der Waals surface area contributed by atoms with Crippen molar-refractivity contribution in [1.82, 2.24) is 9.78 Å². The zero-order valence-corrected chi connectivity index (χ0v) is 12.4. The third-order valence-electron chi connectivity index (χ3n) is 3.23. The summed E-state index contributed by atoms with van der Waals surface area (Å²) in [6.07, 6.45) is 0.994. The highest BCUT2D eigenvalue weighted by molar-refractivity contribution is 6.32. The van der Waals surface area contributed by atoms with Crippen LogP contribution in [0.25, 0.3) is 0 Å². The van der Waals surface area contributed by atoms with E-state index in [1.165, 1.54) is 0 Å². The molecule has 0 aliphatic rings. The van der Waals surface area contributed by atoms with Crippen LogP contribution in [0.2, 0.25) is 5.02 Å². The predicted octanol–water partition coefficient (Wildman–Crippen LogP) is 3.13. The van der Waals surface area contributed by atoms with Crippen molar-refractivity contribution in [3.63, 3.8) is 0 Å². The molecule has 0 aliphatic carbocycles. The van der Waals surface area contributed by atoms with Gasteiger partial charge in [0.2, 0.25) is 0 Å². The summed E-state index contributed by atoms with van der Waals surface area (Å²) in [5.74, 6) is -0.00328. The number of Topliss-reactive ketones (excluding diaryl/α,β-unsaturated/α-hetero) is 1. The van der Waals surface area contributed by atoms with Crippen LogP contribution < -0.4 is 5.73 Å². The predicted molar refractivity (Wildman–Crippen MR) is 81.2 cm³/mol. The second-order valence-corrected chi connectivity index (χ2v) is 4.98. The molecule has 2 N–H and O–H groups in total. The summed E-state index contributed by atoms with van der Waals surface area (Å²) in [6.45, 7) is 4.67. The molecular formula is C15H18ClN3O. The van der Waals surface area contributed by atoms with Crippen LogP contribution in [0.5, 0.6) is 0 Å². The number of ketones is 1. The quantitative estimate of drug-likeness (QED) is 0.680. The fraction of sp³-hybridized carbons (Fsp3) is 0.333. The van der Waals surface area contributed by atoms with Gasteiger partial charge in [0, 0.05) is 17.8 Å². The van der Waals surface area contributed by atoms with Crippen molar-refractivity contribution in [3.8, 4) is 0 Å². The van der Waals surface area contributed by atoms with Crippen LogP contribution in [-0.2, 0) is 19.4 Å². The maximum atomic E-state index is 12.3. The highest BCUT2D eigenvalue weighted by atomic mass is 35.5. The molecule has 0 bridgehead atoms. The summed E-state index contributed by atoms with van der Waals surface area (Å²) in [7, 11) is 0. The van der Waals surface area contributed by atoms with E-state index in [9.17, 15) is 4.79 Å². The zero-order valence-electron chi connectivity index (χ0n) is 11.7. The SMILES string of the molecule is CCc1nn(CC)c(CC(=O)c2cccc(N)c2)c1Cl. The highest BCUT2D eigenvalue weighted by Crippen LogP contribution is 2.23. The number of carbonyl (C=O) groups excluding carboxylic acids is 1. The van der Waals surface area contributed by atoms with Gasteiger partial charge in [-0.1, -0.05) is 30.7 Å². The van der Waals surface area contributed by atoms with E-state index in [-0.39, 0.29) is 12.2 Å². The Hall–Kier alpha value is -1.81. The minimum absolute atomic E-state index is 0.00328. The lowest BCUT2D eigenvalue weighted by atomic mass is 10.1. The number of carbonyl (C=O) groups is 1. The van der Waals surface area contributed by atoms with Crippen LogP contribution >= 0.6 is 11.6 Å². The fourth-order valence-corrected chi connectivity index (χ4v) is 2.49. The number of aromatic nitrogens is 2. The average Bonchev–Trinajstić information content (AvgIpc) is 2.75. The van der Waals surface area contributed by atoms with E-state index in [0.29, 0.717) is 22.8 Å². The summed E-state index contributed by atoms with van der Waals surface area (Å²) in [4.78, 5) is 12.3. The first-order valence-corrected chi connectivity index (χ1v) is 7.07. The molecule has 1 aromatic heterocycles. The number of halogens is 1. The second kappa shape index (κ2) is 6.09. The largest absolute Gasteiger partial charge is 0.399 e. The highest BCUT2D eigenvalue weighted by Gasteiger charge is 2.18. The van der Waals surface area contributed by atoms with E-state index < -0.39 is 0 Å². The first-order chi connectivity index (χ1) is 9.56. The number of benzene rings is 1. The molecule has 5 heteroatoms. The van der Waals surface area contributed by atoms with Gasteiger partial charge >= 0.3 is 0 Å². The van der Waals surface area contributed by atoms with E-state index in [0.717, 1.165) is 17.8 Å². The van der Waals surface area contributed by atoms with Gasteiger partial charge in [-0.05, 0) is 25.5 Å². The Morgan fingerprint density at radius 3 is 2.75 bits per heavy atom. The molecule has 2 aromatic rings. The van der Waals surface area contributed by atoms with Crippen LogP contribution in [0.15, 0.2) is 24.3 Å². The number of anilines is 1. The topological polar surface area (TPSA) is 60.9 Å². The molecular weight excluding hydrogens is 274 g/mol. The van der Waals surface area contributed by atoms with E-state index >= 15 is 0 Å². The molecule has 20 heavy (non-hydrogen) atoms. The Kier molecular flexibility index (Phi) is 4.45. The molecule has 0 fully saturated rings. The molecule has 0 saturated heterocycles. The summed E-state index contributed by atoms with van der Waals surface area (Å²) in [5, 5.41) is 5.02. The van der Waals surface area contributed by atoms with Crippen molar-refractivity contribution in [2.24, 2.45) is 0 Å². The van der Waals surface area contributed by atoms with Crippen LogP contribution in [0.1, 0.15) is 35.6 Å². The summed E-state index contributed by atoms with van der Waals surface area (Å²) in [6, 6.07) is 6.98. The Bertz CT molecular complexity index is 634. The molecule has 0 amide bonds. The van der Waals surface area contributed by atoms with Gasteiger partial charge in [-0.15, -0.1) is 0 Å². The molecule has 0 atom stereocenters. The van der Waals surface area contributed by atoms with Crippen LogP contribution in [-0.4, -0.2) is 15.6 Å². The van der Waals surface area contributed by atoms with E-state index in [1.54, 1.807) is 28.9 Å². The van der Waals surface area contributed by atoms with Gasteiger partial charge in [0.15, 0.2) is 5.78 Å². The number of nitrogens with zero attached hydrogens (tertiary/aromatic N) is 2. The zero-order chi connectivity index (χ0) is 14.7. The Morgan fingerprint density at radius 1 is 1.40 bits per heavy atom. The van der Waals surface area contributed by atoms with Gasteiger partial charge < -0.3 is 5.73 Å². The van der Waals surface area contributed by atoms with Crippen molar-refractivity contribution in [2.45, 2.75) is 33.2 Å². The number of hydrogen-bond donors (Lipinski definition) is 1. The number of rotatable bonds is 5. The van der Waals surface area contributed by atoms with Crippen molar-refractivity contribution >= 4 is 23.1 Å². The molecule has 1 aromatic carbocycles. The van der Waals surface area contributed by atoms with Crippen molar-refractivity contribution in [1.29, 1.82) is 0 Å². The lowest BCUT2D eigenvalue weighted by Gasteiger charge is -2.05. The van der Waals surface area contributed by atoms with Crippen molar-refractivity contribution in [2.75, 3.05) is 5.73 Å². The molecule has 0 unspecified atom stereocenters. The maximum Gasteiger partial charge on any atom is 0.168 e. The number of nitrogen functional groups attached to an aromatic ring is 1. The van der Waals surface area contributed by atoms with Gasteiger partial charge in [-0.2, -0.15) is 5.10 Å². The molecule has 4 nitrogen and oxygen atoms in total. The minimum atomic E-state index is -0.00328. The molecule has 0 saturated carbocycles. The summed E-state index contributed by atoms with van der Waals surface area (Å²) < 4.78 is 1.80. The van der Waals surface area contributed by atoms with Crippen LogP contribution in [0.3, 0.4) is 0 Å². The van der Waals surface area contributed by atoms with E-state index in [1.807, 2.05) is 13.8 Å². The fourth-order valence-electron chi connectivity index (χ4n) is 2.15. The first kappa shape index (κ1) is 14.6. The molecule has 0 spiro atoms. The monoisotopic (exact) mass is 291 g/mol. The van der Waals surface area contributed by atoms with E-state index in [2.05, 4.69) is 5.10 Å². The number of aryl methyl sites for hydroxylation is 2. The van der Waals surface area contributed by atoms with Crippen molar-refractivity contribution in [3.05, 3.63) is 46.2 Å². The standard InChI is InChI=1S/C15H18ClN3O/c1-3-12-15(16)13(19(4-2)18-12)9-14(20)10-6-5-7-11(17)8-10/h5-8H,3-4,9,17H2,1-2H3. The minimum Gasteiger partial charge on any atom is -0.399 e. The van der Waals surface area contributed by atoms with Gasteiger partial charge in [-0.3, -0.25) is 9.48 Å².